The van der Waals surface area contributed by atoms with Gasteiger partial charge in [0.1, 0.15) is 0 Å². The highest BCUT2D eigenvalue weighted by molar-refractivity contribution is 6.02. The smallest absolute Gasteiger partial charge is 0.241 e. The minimum Gasteiger partial charge on any atom is -0.369 e. The van der Waals surface area contributed by atoms with Crippen molar-refractivity contribution in [2.75, 3.05) is 37.6 Å². The molecule has 0 spiro atoms. The molecule has 1 N–H and O–H groups in total. The number of anilines is 1. The Bertz CT molecular complexity index is 675. The SMILES string of the molecule is CCCCCC1=CCC/C1=N/NC(=O)CCN1CCN(c2ccccc2)CC1. The summed E-state index contributed by atoms with van der Waals surface area (Å²) in [5.41, 5.74) is 6.50. The van der Waals surface area contributed by atoms with Crippen LogP contribution in [0.15, 0.2) is 47.1 Å². The van der Waals surface area contributed by atoms with Crippen LogP contribution in [-0.2, 0) is 4.79 Å². The highest BCUT2D eigenvalue weighted by atomic mass is 16.2. The summed E-state index contributed by atoms with van der Waals surface area (Å²) >= 11 is 0. The number of hydrogen-bond acceptors (Lipinski definition) is 4. The Labute approximate surface area is 169 Å². The van der Waals surface area contributed by atoms with E-state index in [1.54, 1.807) is 0 Å². The molecule has 0 aromatic heterocycles. The second kappa shape index (κ2) is 11.0. The van der Waals surface area contributed by atoms with Gasteiger partial charge in [-0.2, -0.15) is 5.10 Å². The Hall–Kier alpha value is -2.14. The molecule has 0 radical (unpaired) electrons. The average molecular weight is 383 g/mol. The summed E-state index contributed by atoms with van der Waals surface area (Å²) in [6.45, 7) is 7.06. The Morgan fingerprint density at radius 1 is 1.11 bits per heavy atom. The van der Waals surface area contributed by atoms with E-state index in [0.29, 0.717) is 6.42 Å². The van der Waals surface area contributed by atoms with Gasteiger partial charge in [0.15, 0.2) is 0 Å². The number of para-hydroxylation sites is 1. The van der Waals surface area contributed by atoms with Crippen molar-refractivity contribution in [1.29, 1.82) is 0 Å². The predicted molar refractivity (Wildman–Crippen MR) is 117 cm³/mol. The van der Waals surface area contributed by atoms with Gasteiger partial charge in [0.05, 0.1) is 5.71 Å². The van der Waals surface area contributed by atoms with E-state index < -0.39 is 0 Å². The maximum absolute atomic E-state index is 12.2. The molecule has 0 bridgehead atoms. The number of hydrogen-bond donors (Lipinski definition) is 1. The van der Waals surface area contributed by atoms with Crippen molar-refractivity contribution in [3.63, 3.8) is 0 Å². The summed E-state index contributed by atoms with van der Waals surface area (Å²) in [5, 5.41) is 4.42. The lowest BCUT2D eigenvalue weighted by Gasteiger charge is -2.36. The first-order valence-electron chi connectivity index (χ1n) is 10.8. The van der Waals surface area contributed by atoms with Gasteiger partial charge >= 0.3 is 0 Å². The number of allylic oxidation sites excluding steroid dienone is 2. The van der Waals surface area contributed by atoms with Crippen LogP contribution in [-0.4, -0.2) is 49.2 Å². The Morgan fingerprint density at radius 3 is 2.64 bits per heavy atom. The molecule has 5 heteroatoms. The summed E-state index contributed by atoms with van der Waals surface area (Å²) in [7, 11) is 0. The first-order valence-corrected chi connectivity index (χ1v) is 10.8. The van der Waals surface area contributed by atoms with Crippen LogP contribution in [0.4, 0.5) is 5.69 Å². The third-order valence-electron chi connectivity index (χ3n) is 5.66. The summed E-state index contributed by atoms with van der Waals surface area (Å²) in [6, 6.07) is 10.5. The topological polar surface area (TPSA) is 47.9 Å². The molecule has 1 heterocycles. The van der Waals surface area contributed by atoms with Gasteiger partial charge in [-0.1, -0.05) is 44.0 Å². The van der Waals surface area contributed by atoms with Crippen LogP contribution in [0.25, 0.3) is 0 Å². The van der Waals surface area contributed by atoms with E-state index in [4.69, 9.17) is 0 Å². The first-order chi connectivity index (χ1) is 13.8. The summed E-state index contributed by atoms with van der Waals surface area (Å²) < 4.78 is 0. The lowest BCUT2D eigenvalue weighted by atomic mass is 10.1. The molecule has 1 aliphatic carbocycles. The van der Waals surface area contributed by atoms with Gasteiger partial charge in [0.2, 0.25) is 5.91 Å². The molecular formula is C23H34N4O. The average Bonchev–Trinajstić information content (AvgIpc) is 3.19. The molecule has 0 saturated carbocycles. The quantitative estimate of drug-likeness (QED) is 0.519. The molecule has 3 rings (SSSR count). The van der Waals surface area contributed by atoms with Crippen molar-refractivity contribution in [2.45, 2.75) is 51.9 Å². The zero-order chi connectivity index (χ0) is 19.6. The molecule has 0 atom stereocenters. The van der Waals surface area contributed by atoms with Crippen LogP contribution < -0.4 is 10.3 Å². The van der Waals surface area contributed by atoms with Gasteiger partial charge in [-0.25, -0.2) is 5.43 Å². The fraction of sp³-hybridized carbons (Fsp3) is 0.565. The Morgan fingerprint density at radius 2 is 1.89 bits per heavy atom. The summed E-state index contributed by atoms with van der Waals surface area (Å²) in [6.07, 6.45) is 9.61. The maximum atomic E-state index is 12.2. The van der Waals surface area contributed by atoms with Gasteiger partial charge in [-0.05, 0) is 43.4 Å². The molecule has 1 aliphatic heterocycles. The third kappa shape index (κ3) is 6.20. The van der Waals surface area contributed by atoms with Crippen molar-refractivity contribution in [2.24, 2.45) is 5.10 Å². The molecule has 1 aromatic carbocycles. The van der Waals surface area contributed by atoms with Crippen molar-refractivity contribution in [3.8, 4) is 0 Å². The minimum absolute atomic E-state index is 0.0257. The van der Waals surface area contributed by atoms with Crippen LogP contribution in [0.2, 0.25) is 0 Å². The molecule has 1 saturated heterocycles. The van der Waals surface area contributed by atoms with E-state index in [1.165, 1.54) is 30.5 Å². The largest absolute Gasteiger partial charge is 0.369 e. The number of hydrazone groups is 1. The van der Waals surface area contributed by atoms with Crippen molar-refractivity contribution < 1.29 is 4.79 Å². The van der Waals surface area contributed by atoms with Crippen molar-refractivity contribution in [3.05, 3.63) is 42.0 Å². The Kier molecular flexibility index (Phi) is 8.09. The molecular weight excluding hydrogens is 348 g/mol. The second-order valence-corrected chi connectivity index (χ2v) is 7.73. The first kappa shape index (κ1) is 20.6. The van der Waals surface area contributed by atoms with E-state index in [0.717, 1.165) is 57.7 Å². The predicted octanol–water partition coefficient (Wildman–Crippen LogP) is 3.97. The molecule has 0 unspecified atom stereocenters. The maximum Gasteiger partial charge on any atom is 0.241 e. The van der Waals surface area contributed by atoms with Crippen LogP contribution >= 0.6 is 0 Å². The molecule has 5 nitrogen and oxygen atoms in total. The zero-order valence-corrected chi connectivity index (χ0v) is 17.2. The van der Waals surface area contributed by atoms with Gasteiger partial charge < -0.3 is 4.90 Å². The van der Waals surface area contributed by atoms with Crippen LogP contribution in [0, 0.1) is 0 Å². The normalized spacial score (nSPS) is 19.1. The van der Waals surface area contributed by atoms with Crippen LogP contribution in [0.5, 0.6) is 0 Å². The van der Waals surface area contributed by atoms with Gasteiger partial charge in [-0.3, -0.25) is 9.69 Å². The summed E-state index contributed by atoms with van der Waals surface area (Å²) in [4.78, 5) is 17.0. The fourth-order valence-electron chi connectivity index (χ4n) is 3.91. The van der Waals surface area contributed by atoms with E-state index in [1.807, 2.05) is 0 Å². The number of carbonyl (C=O) groups is 1. The number of amides is 1. The monoisotopic (exact) mass is 382 g/mol. The lowest BCUT2D eigenvalue weighted by Crippen LogP contribution is -2.47. The molecule has 1 aromatic rings. The van der Waals surface area contributed by atoms with E-state index in [-0.39, 0.29) is 5.91 Å². The van der Waals surface area contributed by atoms with Gasteiger partial charge in [0.25, 0.3) is 0 Å². The van der Waals surface area contributed by atoms with Crippen molar-refractivity contribution >= 4 is 17.3 Å². The number of carbonyl (C=O) groups excluding carboxylic acids is 1. The second-order valence-electron chi connectivity index (χ2n) is 7.73. The standard InChI is InChI=1S/C23H34N4O/c1-2-3-5-9-20-10-8-13-22(20)24-25-23(28)14-15-26-16-18-27(19-17-26)21-11-6-4-7-12-21/h4,6-7,10-12H,2-3,5,8-9,13-19H2,1H3,(H,25,28)/b24-22-. The van der Waals surface area contributed by atoms with Crippen LogP contribution in [0.3, 0.4) is 0 Å². The molecule has 2 aliphatic rings. The summed E-state index contributed by atoms with van der Waals surface area (Å²) in [5.74, 6) is 0.0257. The van der Waals surface area contributed by atoms with E-state index in [2.05, 4.69) is 63.7 Å². The zero-order valence-electron chi connectivity index (χ0n) is 17.2. The van der Waals surface area contributed by atoms with Crippen molar-refractivity contribution in [1.82, 2.24) is 10.3 Å². The minimum atomic E-state index is 0.0257. The molecule has 1 amide bonds. The molecule has 152 valence electrons. The number of nitrogens with zero attached hydrogens (tertiary/aromatic N) is 3. The van der Waals surface area contributed by atoms with E-state index >= 15 is 0 Å². The number of benzene rings is 1. The molecule has 28 heavy (non-hydrogen) atoms. The van der Waals surface area contributed by atoms with Gasteiger partial charge in [0, 0.05) is 44.8 Å². The van der Waals surface area contributed by atoms with Gasteiger partial charge in [-0.15, -0.1) is 0 Å². The Balaban J connectivity index is 1.35. The van der Waals surface area contributed by atoms with E-state index in [9.17, 15) is 4.79 Å². The highest BCUT2D eigenvalue weighted by Crippen LogP contribution is 2.21. The third-order valence-corrected chi connectivity index (χ3v) is 5.66. The number of nitrogens with one attached hydrogen (secondary N) is 1. The molecule has 1 fully saturated rings. The van der Waals surface area contributed by atoms with Crippen LogP contribution in [0.1, 0.15) is 51.9 Å². The number of piperazine rings is 1. The number of rotatable bonds is 9. The fourth-order valence-corrected chi connectivity index (χ4v) is 3.91. The highest BCUT2D eigenvalue weighted by Gasteiger charge is 2.18. The lowest BCUT2D eigenvalue weighted by molar-refractivity contribution is -0.121. The number of unbranched alkanes of at least 4 members (excludes halogenated alkanes) is 2.